The van der Waals surface area contributed by atoms with Crippen molar-refractivity contribution in [2.45, 2.75) is 38.9 Å². The molecule has 92 valence electrons. The Hall–Kier alpha value is -0.995. The Labute approximate surface area is 103 Å². The van der Waals surface area contributed by atoms with Crippen LogP contribution >= 0.6 is 0 Å². The zero-order valence-corrected chi connectivity index (χ0v) is 10.9. The highest BCUT2D eigenvalue weighted by Gasteiger charge is 2.51. The smallest absolute Gasteiger partial charge is 0.496 e. The van der Waals surface area contributed by atoms with Crippen LogP contribution in [0.2, 0.25) is 0 Å². The van der Waals surface area contributed by atoms with Crippen molar-refractivity contribution >= 4 is 7.12 Å². The van der Waals surface area contributed by atoms with E-state index >= 15 is 0 Å². The van der Waals surface area contributed by atoms with Crippen LogP contribution in [0.4, 0.5) is 0 Å². The predicted octanol–water partition coefficient (Wildman–Crippen LogP) is 2.70. The van der Waals surface area contributed by atoms with Crippen molar-refractivity contribution in [2.75, 3.05) is 6.51 Å². The molecule has 2 rings (SSSR count). The van der Waals surface area contributed by atoms with Crippen molar-refractivity contribution in [1.82, 2.24) is 0 Å². The number of hydrogen-bond acceptors (Lipinski definition) is 3. The summed E-state index contributed by atoms with van der Waals surface area (Å²) in [4.78, 5) is 0. The SMILES string of the molecule is CC1(C)OB(COc2ccccc2)OC1(C)C. The van der Waals surface area contributed by atoms with Gasteiger partial charge in [0.2, 0.25) is 0 Å². The Morgan fingerprint density at radius 2 is 1.53 bits per heavy atom. The Bertz CT molecular complexity index is 360. The molecule has 3 nitrogen and oxygen atoms in total. The van der Waals surface area contributed by atoms with Gasteiger partial charge < -0.3 is 14.0 Å². The number of rotatable bonds is 3. The zero-order valence-electron chi connectivity index (χ0n) is 10.9. The third-order valence-electron chi connectivity index (χ3n) is 3.43. The highest BCUT2D eigenvalue weighted by molar-refractivity contribution is 6.45. The van der Waals surface area contributed by atoms with Crippen LogP contribution in [0.1, 0.15) is 27.7 Å². The third kappa shape index (κ3) is 2.64. The van der Waals surface area contributed by atoms with Crippen LogP contribution in [0.5, 0.6) is 5.75 Å². The standard InChI is InChI=1S/C13H19BO3/c1-12(2)13(3,4)17-14(16-12)10-15-11-8-6-5-7-9-11/h5-9H,10H2,1-4H3. The summed E-state index contributed by atoms with van der Waals surface area (Å²) in [5.74, 6) is 0.835. The molecule has 1 aliphatic rings. The highest BCUT2D eigenvalue weighted by atomic mass is 16.7. The lowest BCUT2D eigenvalue weighted by atomic mass is 9.90. The van der Waals surface area contributed by atoms with Gasteiger partial charge in [-0.2, -0.15) is 0 Å². The molecular formula is C13H19BO3. The van der Waals surface area contributed by atoms with Crippen LogP contribution in [0.25, 0.3) is 0 Å². The van der Waals surface area contributed by atoms with E-state index in [1.165, 1.54) is 0 Å². The van der Waals surface area contributed by atoms with Gasteiger partial charge in [0, 0.05) is 0 Å². The third-order valence-corrected chi connectivity index (χ3v) is 3.43. The first-order valence-corrected chi connectivity index (χ1v) is 5.94. The largest absolute Gasteiger partial charge is 0.498 e. The van der Waals surface area contributed by atoms with Crippen molar-refractivity contribution < 1.29 is 14.0 Å². The van der Waals surface area contributed by atoms with E-state index in [9.17, 15) is 0 Å². The van der Waals surface area contributed by atoms with E-state index in [0.29, 0.717) is 6.51 Å². The molecule has 0 aliphatic carbocycles. The molecule has 17 heavy (non-hydrogen) atoms. The summed E-state index contributed by atoms with van der Waals surface area (Å²) in [7, 11) is -0.305. The zero-order chi connectivity index (χ0) is 12.5. The first kappa shape index (κ1) is 12.5. The quantitative estimate of drug-likeness (QED) is 0.752. The summed E-state index contributed by atoms with van der Waals surface area (Å²) in [6, 6.07) is 9.69. The molecule has 0 atom stereocenters. The monoisotopic (exact) mass is 234 g/mol. The van der Waals surface area contributed by atoms with Crippen molar-refractivity contribution in [3.63, 3.8) is 0 Å². The van der Waals surface area contributed by atoms with E-state index in [2.05, 4.69) is 0 Å². The maximum atomic E-state index is 5.84. The molecular weight excluding hydrogens is 215 g/mol. The van der Waals surface area contributed by atoms with Gasteiger partial charge in [0.05, 0.1) is 11.2 Å². The summed E-state index contributed by atoms with van der Waals surface area (Å²) >= 11 is 0. The lowest BCUT2D eigenvalue weighted by Gasteiger charge is -2.32. The van der Waals surface area contributed by atoms with E-state index in [4.69, 9.17) is 14.0 Å². The van der Waals surface area contributed by atoms with Crippen molar-refractivity contribution in [3.8, 4) is 5.75 Å². The second kappa shape index (κ2) is 4.35. The highest BCUT2D eigenvalue weighted by Crippen LogP contribution is 2.36. The average Bonchev–Trinajstić information content (AvgIpc) is 2.46. The van der Waals surface area contributed by atoms with Gasteiger partial charge in [-0.3, -0.25) is 0 Å². The molecule has 0 spiro atoms. The van der Waals surface area contributed by atoms with Crippen molar-refractivity contribution in [2.24, 2.45) is 0 Å². The molecule has 0 aromatic heterocycles. The maximum absolute atomic E-state index is 5.84. The fourth-order valence-corrected chi connectivity index (χ4v) is 1.71. The Kier molecular flexibility index (Phi) is 3.19. The van der Waals surface area contributed by atoms with E-state index < -0.39 is 0 Å². The average molecular weight is 234 g/mol. The van der Waals surface area contributed by atoms with Gasteiger partial charge in [-0.05, 0) is 39.8 Å². The normalized spacial score (nSPS) is 21.5. The molecule has 1 fully saturated rings. The van der Waals surface area contributed by atoms with Crippen LogP contribution in [-0.4, -0.2) is 24.8 Å². The fraction of sp³-hybridized carbons (Fsp3) is 0.538. The van der Waals surface area contributed by atoms with E-state index in [1.54, 1.807) is 0 Å². The van der Waals surface area contributed by atoms with Gasteiger partial charge in [0.25, 0.3) is 0 Å². The molecule has 1 aromatic rings. The summed E-state index contributed by atoms with van der Waals surface area (Å²) in [5.41, 5.74) is -0.588. The van der Waals surface area contributed by atoms with Crippen molar-refractivity contribution in [3.05, 3.63) is 30.3 Å². The number of ether oxygens (including phenoxy) is 1. The Balaban J connectivity index is 1.91. The molecule has 0 saturated carbocycles. The fourth-order valence-electron chi connectivity index (χ4n) is 1.71. The second-order valence-corrected chi connectivity index (χ2v) is 5.31. The first-order chi connectivity index (χ1) is 7.91. The van der Waals surface area contributed by atoms with Crippen LogP contribution in [0.3, 0.4) is 0 Å². The van der Waals surface area contributed by atoms with Gasteiger partial charge in [-0.1, -0.05) is 18.2 Å². The van der Waals surface area contributed by atoms with Crippen molar-refractivity contribution in [1.29, 1.82) is 0 Å². The van der Waals surface area contributed by atoms with Gasteiger partial charge in [-0.25, -0.2) is 0 Å². The lowest BCUT2D eigenvalue weighted by Crippen LogP contribution is -2.41. The summed E-state index contributed by atoms with van der Waals surface area (Å²) < 4.78 is 17.3. The summed E-state index contributed by atoms with van der Waals surface area (Å²) in [6.45, 7) is 8.56. The molecule has 0 radical (unpaired) electrons. The molecule has 0 bridgehead atoms. The molecule has 1 aliphatic heterocycles. The van der Waals surface area contributed by atoms with Crippen LogP contribution in [0, 0.1) is 0 Å². The molecule has 1 saturated heterocycles. The molecule has 4 heteroatoms. The van der Waals surface area contributed by atoms with Crippen LogP contribution in [0.15, 0.2) is 30.3 Å². The van der Waals surface area contributed by atoms with Crippen LogP contribution in [-0.2, 0) is 9.31 Å². The minimum absolute atomic E-state index is 0.294. The Morgan fingerprint density at radius 3 is 2.06 bits per heavy atom. The molecule has 1 heterocycles. The predicted molar refractivity (Wildman–Crippen MR) is 68.0 cm³/mol. The number of para-hydroxylation sites is 1. The summed E-state index contributed by atoms with van der Waals surface area (Å²) in [6.07, 6.45) is 0. The van der Waals surface area contributed by atoms with Crippen LogP contribution < -0.4 is 4.74 Å². The van der Waals surface area contributed by atoms with E-state index in [0.717, 1.165) is 5.75 Å². The maximum Gasteiger partial charge on any atom is 0.498 e. The first-order valence-electron chi connectivity index (χ1n) is 5.94. The molecule has 0 unspecified atom stereocenters. The van der Waals surface area contributed by atoms with Gasteiger partial charge in [-0.15, -0.1) is 0 Å². The Morgan fingerprint density at radius 1 is 1.00 bits per heavy atom. The number of benzene rings is 1. The van der Waals surface area contributed by atoms with Gasteiger partial charge >= 0.3 is 7.12 Å². The lowest BCUT2D eigenvalue weighted by molar-refractivity contribution is 0.00578. The summed E-state index contributed by atoms with van der Waals surface area (Å²) in [5, 5.41) is 0. The second-order valence-electron chi connectivity index (χ2n) is 5.31. The van der Waals surface area contributed by atoms with Gasteiger partial charge in [0.1, 0.15) is 12.3 Å². The topological polar surface area (TPSA) is 27.7 Å². The molecule has 0 N–H and O–H groups in total. The van der Waals surface area contributed by atoms with E-state index in [-0.39, 0.29) is 18.3 Å². The van der Waals surface area contributed by atoms with Gasteiger partial charge in [0.15, 0.2) is 0 Å². The molecule has 1 aromatic carbocycles. The molecule has 0 amide bonds. The number of hydrogen-bond donors (Lipinski definition) is 0. The minimum Gasteiger partial charge on any atom is -0.496 e. The van der Waals surface area contributed by atoms with E-state index in [1.807, 2.05) is 58.0 Å². The minimum atomic E-state index is -0.305.